The van der Waals surface area contributed by atoms with E-state index in [1.165, 1.54) is 37.6 Å². The molecule has 1 aromatic heterocycles. The number of guanidine groups is 1. The maximum Gasteiger partial charge on any atom is 0.416 e. The number of anilines is 1. The van der Waals surface area contributed by atoms with E-state index in [9.17, 15) is 17.6 Å². The molecule has 1 atom stereocenters. The van der Waals surface area contributed by atoms with Gasteiger partial charge in [0.1, 0.15) is 5.75 Å². The maximum absolute atomic E-state index is 14.0. The van der Waals surface area contributed by atoms with E-state index in [0.717, 1.165) is 12.5 Å². The summed E-state index contributed by atoms with van der Waals surface area (Å²) in [5.74, 6) is 0.447. The van der Waals surface area contributed by atoms with Gasteiger partial charge in [0.05, 0.1) is 19.2 Å². The van der Waals surface area contributed by atoms with Crippen LogP contribution in [0.15, 0.2) is 41.5 Å². The molecule has 6 nitrogen and oxygen atoms in total. The normalized spacial score (nSPS) is 16.5. The Morgan fingerprint density at radius 1 is 1.31 bits per heavy atom. The van der Waals surface area contributed by atoms with Crippen molar-refractivity contribution in [3.63, 3.8) is 0 Å². The first-order valence-electron chi connectivity index (χ1n) is 9.96. The number of methoxy groups -OCH3 is 1. The number of aliphatic imine (C=N–C) groups is 1. The van der Waals surface area contributed by atoms with E-state index >= 15 is 0 Å². The lowest BCUT2D eigenvalue weighted by molar-refractivity contribution is -0.138. The second kappa shape index (κ2) is 11.5. The number of ether oxygens (including phenoxy) is 1. The van der Waals surface area contributed by atoms with Gasteiger partial charge in [-0.3, -0.25) is 0 Å². The molecule has 2 aromatic rings. The zero-order chi connectivity index (χ0) is 22.4. The highest BCUT2D eigenvalue weighted by Gasteiger charge is 2.34. The molecular weight excluding hydrogens is 541 g/mol. The van der Waals surface area contributed by atoms with Gasteiger partial charge in [-0.1, -0.05) is 6.07 Å². The quantitative estimate of drug-likeness (QED) is 0.237. The number of pyridine rings is 1. The van der Waals surface area contributed by atoms with Crippen molar-refractivity contribution >= 4 is 35.8 Å². The third kappa shape index (κ3) is 6.59. The summed E-state index contributed by atoms with van der Waals surface area (Å²) in [5, 5.41) is 6.28. The van der Waals surface area contributed by atoms with Crippen molar-refractivity contribution in [2.45, 2.75) is 32.1 Å². The Balaban J connectivity index is 0.00000363. The van der Waals surface area contributed by atoms with Gasteiger partial charge in [-0.05, 0) is 43.2 Å². The monoisotopic (exact) mass is 567 g/mol. The lowest BCUT2D eigenvalue weighted by Crippen LogP contribution is -2.44. The molecule has 1 aromatic carbocycles. The molecule has 0 radical (unpaired) electrons. The van der Waals surface area contributed by atoms with Crippen LogP contribution in [-0.2, 0) is 12.7 Å². The van der Waals surface area contributed by atoms with Gasteiger partial charge in [-0.2, -0.15) is 13.2 Å². The van der Waals surface area contributed by atoms with Crippen molar-refractivity contribution in [1.29, 1.82) is 0 Å². The first kappa shape index (κ1) is 25.9. The fourth-order valence-electron chi connectivity index (χ4n) is 3.44. The van der Waals surface area contributed by atoms with Crippen LogP contribution in [0.25, 0.3) is 0 Å². The third-order valence-electron chi connectivity index (χ3n) is 4.94. The molecule has 0 spiro atoms. The average Bonchev–Trinajstić information content (AvgIpc) is 3.20. The highest BCUT2D eigenvalue weighted by molar-refractivity contribution is 14.0. The summed E-state index contributed by atoms with van der Waals surface area (Å²) < 4.78 is 59.2. The Morgan fingerprint density at radius 3 is 2.75 bits per heavy atom. The Labute approximate surface area is 201 Å². The van der Waals surface area contributed by atoms with Crippen LogP contribution in [0.5, 0.6) is 5.75 Å². The van der Waals surface area contributed by atoms with Crippen LogP contribution in [0.4, 0.5) is 23.4 Å². The molecule has 0 aliphatic carbocycles. The Hall–Kier alpha value is -2.31. The predicted molar refractivity (Wildman–Crippen MR) is 126 cm³/mol. The fourth-order valence-corrected chi connectivity index (χ4v) is 3.44. The summed E-state index contributed by atoms with van der Waals surface area (Å²) in [6.45, 7) is 3.39. The molecule has 3 rings (SSSR count). The zero-order valence-corrected chi connectivity index (χ0v) is 20.1. The third-order valence-corrected chi connectivity index (χ3v) is 4.94. The molecule has 1 unspecified atom stereocenters. The SMILES string of the molecule is CCNC(=NCc1ccc(OC)cc1C(F)(F)F)NC1CCN(c2ncccc2F)C1.I. The first-order valence-corrected chi connectivity index (χ1v) is 9.96. The second-order valence-electron chi connectivity index (χ2n) is 7.10. The van der Waals surface area contributed by atoms with Gasteiger partial charge in [0.15, 0.2) is 17.6 Å². The van der Waals surface area contributed by atoms with Gasteiger partial charge >= 0.3 is 6.18 Å². The molecule has 0 saturated carbocycles. The van der Waals surface area contributed by atoms with Crippen molar-refractivity contribution in [2.24, 2.45) is 4.99 Å². The van der Waals surface area contributed by atoms with Gasteiger partial charge in [-0.15, -0.1) is 24.0 Å². The van der Waals surface area contributed by atoms with Crippen LogP contribution >= 0.6 is 24.0 Å². The topological polar surface area (TPSA) is 61.8 Å². The summed E-state index contributed by atoms with van der Waals surface area (Å²) in [4.78, 5) is 10.3. The first-order chi connectivity index (χ1) is 14.8. The standard InChI is InChI=1S/C21H25F4N5O.HI/c1-3-26-20(28-12-14-6-7-16(31-2)11-17(14)21(23,24)25)29-15-8-10-30(13-15)19-18(22)5-4-9-27-19;/h4-7,9,11,15H,3,8,10,12-13H2,1-2H3,(H2,26,28,29);1H. The van der Waals surface area contributed by atoms with E-state index < -0.39 is 11.7 Å². The van der Waals surface area contributed by atoms with Gasteiger partial charge < -0.3 is 20.3 Å². The van der Waals surface area contributed by atoms with Crippen LogP contribution in [0.2, 0.25) is 0 Å². The number of nitrogens with one attached hydrogen (secondary N) is 2. The minimum absolute atomic E-state index is 0. The largest absolute Gasteiger partial charge is 0.497 e. The highest BCUT2D eigenvalue weighted by Crippen LogP contribution is 2.34. The van der Waals surface area contributed by atoms with Crippen LogP contribution < -0.4 is 20.3 Å². The summed E-state index contributed by atoms with van der Waals surface area (Å²) in [6.07, 6.45) is -2.25. The molecule has 2 N–H and O–H groups in total. The number of nitrogens with zero attached hydrogens (tertiary/aromatic N) is 3. The molecule has 1 fully saturated rings. The Bertz CT molecular complexity index is 925. The van der Waals surface area contributed by atoms with Crippen LogP contribution in [0.1, 0.15) is 24.5 Å². The molecule has 11 heteroatoms. The van der Waals surface area contributed by atoms with Crippen molar-refractivity contribution in [1.82, 2.24) is 15.6 Å². The molecule has 176 valence electrons. The average molecular weight is 567 g/mol. The summed E-state index contributed by atoms with van der Waals surface area (Å²) in [7, 11) is 1.32. The Kier molecular flexibility index (Phi) is 9.34. The van der Waals surface area contributed by atoms with Gasteiger partial charge in [-0.25, -0.2) is 14.4 Å². The molecule has 1 aliphatic rings. The van der Waals surface area contributed by atoms with Crippen molar-refractivity contribution in [3.8, 4) is 5.75 Å². The van der Waals surface area contributed by atoms with Gasteiger partial charge in [0.25, 0.3) is 0 Å². The summed E-state index contributed by atoms with van der Waals surface area (Å²) >= 11 is 0. The molecule has 1 aliphatic heterocycles. The van der Waals surface area contributed by atoms with E-state index in [1.54, 1.807) is 0 Å². The number of hydrogen-bond acceptors (Lipinski definition) is 4. The minimum Gasteiger partial charge on any atom is -0.497 e. The number of rotatable bonds is 6. The van der Waals surface area contributed by atoms with Crippen LogP contribution in [0, 0.1) is 5.82 Å². The lowest BCUT2D eigenvalue weighted by Gasteiger charge is -2.20. The molecular formula is C21H26F4IN5O. The number of halogens is 5. The van der Waals surface area contributed by atoms with Gasteiger partial charge in [0.2, 0.25) is 0 Å². The summed E-state index contributed by atoms with van der Waals surface area (Å²) in [5.41, 5.74) is -0.724. The number of alkyl halides is 3. The van der Waals surface area contributed by atoms with E-state index in [1.807, 2.05) is 11.8 Å². The zero-order valence-electron chi connectivity index (χ0n) is 17.7. The Morgan fingerprint density at radius 2 is 2.09 bits per heavy atom. The van der Waals surface area contributed by atoms with Gasteiger partial charge in [0, 0.05) is 31.9 Å². The number of hydrogen-bond donors (Lipinski definition) is 2. The minimum atomic E-state index is -4.51. The lowest BCUT2D eigenvalue weighted by atomic mass is 10.1. The van der Waals surface area contributed by atoms with Crippen LogP contribution in [-0.4, -0.2) is 43.7 Å². The maximum atomic E-state index is 14.0. The van der Waals surface area contributed by atoms with E-state index in [-0.39, 0.29) is 53.7 Å². The number of benzene rings is 1. The molecule has 1 saturated heterocycles. The molecule has 2 heterocycles. The van der Waals surface area contributed by atoms with Crippen LogP contribution in [0.3, 0.4) is 0 Å². The second-order valence-corrected chi connectivity index (χ2v) is 7.10. The van der Waals surface area contributed by atoms with Crippen molar-refractivity contribution in [2.75, 3.05) is 31.6 Å². The van der Waals surface area contributed by atoms with E-state index in [4.69, 9.17) is 4.74 Å². The highest BCUT2D eigenvalue weighted by atomic mass is 127. The van der Waals surface area contributed by atoms with E-state index in [2.05, 4.69) is 20.6 Å². The molecule has 0 bridgehead atoms. The number of aromatic nitrogens is 1. The summed E-state index contributed by atoms with van der Waals surface area (Å²) in [6, 6.07) is 6.68. The predicted octanol–water partition coefficient (Wildman–Crippen LogP) is 4.20. The fraction of sp³-hybridized carbons (Fsp3) is 0.429. The smallest absolute Gasteiger partial charge is 0.416 e. The van der Waals surface area contributed by atoms with E-state index in [0.29, 0.717) is 31.4 Å². The van der Waals surface area contributed by atoms with Crippen molar-refractivity contribution < 1.29 is 22.3 Å². The molecule has 0 amide bonds. The van der Waals surface area contributed by atoms with Crippen molar-refractivity contribution in [3.05, 3.63) is 53.5 Å². The molecule has 32 heavy (non-hydrogen) atoms.